The van der Waals surface area contributed by atoms with Crippen molar-refractivity contribution < 1.29 is 19.0 Å². The van der Waals surface area contributed by atoms with Gasteiger partial charge in [-0.15, -0.1) is 0 Å². The van der Waals surface area contributed by atoms with Crippen LogP contribution in [0.25, 0.3) is 10.9 Å². The topological polar surface area (TPSA) is 79.7 Å². The van der Waals surface area contributed by atoms with E-state index in [9.17, 15) is 9.50 Å². The summed E-state index contributed by atoms with van der Waals surface area (Å²) in [6.07, 6.45) is 1.38. The van der Waals surface area contributed by atoms with Crippen LogP contribution in [-0.2, 0) is 0 Å². The molecule has 0 amide bonds. The Morgan fingerprint density at radius 2 is 2.00 bits per heavy atom. The van der Waals surface area contributed by atoms with Gasteiger partial charge in [0, 0.05) is 48.7 Å². The average molecular weight is 465 g/mol. The largest absolute Gasteiger partial charge is 0.506 e. The van der Waals surface area contributed by atoms with Crippen molar-refractivity contribution in [3.8, 4) is 17.2 Å². The SMILES string of the molecule is COc1cc2c(Nc3cc(O)c(Cl)cc3F)ncnc2cc1OCCN1CCSCC1. The van der Waals surface area contributed by atoms with Gasteiger partial charge in [0.05, 0.1) is 23.3 Å². The Hall–Kier alpha value is -2.49. The number of halogens is 2. The van der Waals surface area contributed by atoms with Crippen molar-refractivity contribution in [2.75, 3.05) is 50.2 Å². The van der Waals surface area contributed by atoms with Crippen LogP contribution in [0.2, 0.25) is 5.02 Å². The fraction of sp³-hybridized carbons (Fsp3) is 0.333. The van der Waals surface area contributed by atoms with Gasteiger partial charge in [-0.3, -0.25) is 4.90 Å². The lowest BCUT2D eigenvalue weighted by Gasteiger charge is -2.26. The summed E-state index contributed by atoms with van der Waals surface area (Å²) >= 11 is 7.73. The van der Waals surface area contributed by atoms with Crippen LogP contribution in [0.15, 0.2) is 30.6 Å². The normalized spacial score (nSPS) is 14.5. The average Bonchev–Trinajstić information content (AvgIpc) is 2.78. The number of anilines is 2. The third-order valence-electron chi connectivity index (χ3n) is 4.98. The number of ether oxygens (including phenoxy) is 2. The number of aromatic nitrogens is 2. The van der Waals surface area contributed by atoms with Crippen molar-refractivity contribution in [1.82, 2.24) is 14.9 Å². The lowest BCUT2D eigenvalue weighted by molar-refractivity contribution is 0.217. The van der Waals surface area contributed by atoms with Crippen LogP contribution in [0.3, 0.4) is 0 Å². The van der Waals surface area contributed by atoms with Gasteiger partial charge in [-0.05, 0) is 12.1 Å². The molecule has 1 aromatic heterocycles. The molecule has 0 spiro atoms. The smallest absolute Gasteiger partial charge is 0.163 e. The molecule has 0 aliphatic carbocycles. The number of methoxy groups -OCH3 is 1. The van der Waals surface area contributed by atoms with Gasteiger partial charge in [-0.1, -0.05) is 11.6 Å². The molecule has 10 heteroatoms. The molecule has 31 heavy (non-hydrogen) atoms. The summed E-state index contributed by atoms with van der Waals surface area (Å²) in [5.74, 6) is 2.93. The Labute approximate surface area is 188 Å². The highest BCUT2D eigenvalue weighted by molar-refractivity contribution is 7.99. The molecule has 0 unspecified atom stereocenters. The summed E-state index contributed by atoms with van der Waals surface area (Å²) < 4.78 is 25.8. The minimum atomic E-state index is -0.613. The van der Waals surface area contributed by atoms with E-state index in [1.165, 1.54) is 12.4 Å². The zero-order valence-electron chi connectivity index (χ0n) is 16.9. The highest BCUT2D eigenvalue weighted by Crippen LogP contribution is 2.36. The van der Waals surface area contributed by atoms with Crippen molar-refractivity contribution in [3.05, 3.63) is 41.4 Å². The highest BCUT2D eigenvalue weighted by atomic mass is 35.5. The summed E-state index contributed by atoms with van der Waals surface area (Å²) in [6.45, 7) is 3.53. The number of benzene rings is 2. The molecule has 0 atom stereocenters. The van der Waals surface area contributed by atoms with Gasteiger partial charge < -0.3 is 19.9 Å². The number of aromatic hydroxyl groups is 1. The lowest BCUT2D eigenvalue weighted by atomic mass is 10.2. The maximum atomic E-state index is 14.3. The molecule has 3 aromatic rings. The first kappa shape index (κ1) is 21.7. The van der Waals surface area contributed by atoms with Crippen molar-refractivity contribution in [3.63, 3.8) is 0 Å². The van der Waals surface area contributed by atoms with E-state index in [1.807, 2.05) is 11.8 Å². The lowest BCUT2D eigenvalue weighted by Crippen LogP contribution is -2.35. The second kappa shape index (κ2) is 9.76. The number of nitrogens with zero attached hydrogens (tertiary/aromatic N) is 3. The predicted octanol–water partition coefficient (Wildman–Crippen LogP) is 4.31. The monoisotopic (exact) mass is 464 g/mol. The van der Waals surface area contributed by atoms with Crippen molar-refractivity contribution >= 4 is 45.8 Å². The molecule has 164 valence electrons. The van der Waals surface area contributed by atoms with E-state index in [4.69, 9.17) is 21.1 Å². The van der Waals surface area contributed by atoms with E-state index < -0.39 is 5.82 Å². The van der Waals surface area contributed by atoms with Crippen LogP contribution in [-0.4, -0.2) is 64.8 Å². The van der Waals surface area contributed by atoms with E-state index in [2.05, 4.69) is 20.2 Å². The first-order valence-corrected chi connectivity index (χ1v) is 11.3. The molecular weight excluding hydrogens is 443 g/mol. The van der Waals surface area contributed by atoms with Crippen LogP contribution in [0.1, 0.15) is 0 Å². The second-order valence-corrected chi connectivity index (χ2v) is 8.59. The Kier molecular flexibility index (Phi) is 6.84. The van der Waals surface area contributed by atoms with E-state index >= 15 is 0 Å². The molecule has 1 aliphatic rings. The van der Waals surface area contributed by atoms with Gasteiger partial charge in [0.25, 0.3) is 0 Å². The third-order valence-corrected chi connectivity index (χ3v) is 6.22. The number of nitrogens with one attached hydrogen (secondary N) is 1. The molecule has 4 rings (SSSR count). The summed E-state index contributed by atoms with van der Waals surface area (Å²) in [5, 5.41) is 13.2. The Morgan fingerprint density at radius 3 is 2.77 bits per heavy atom. The minimum Gasteiger partial charge on any atom is -0.506 e. The van der Waals surface area contributed by atoms with Gasteiger partial charge in [-0.25, -0.2) is 14.4 Å². The van der Waals surface area contributed by atoms with E-state index in [0.717, 1.165) is 37.2 Å². The minimum absolute atomic E-state index is 0.0425. The zero-order chi connectivity index (χ0) is 21.8. The number of fused-ring (bicyclic) bond motifs is 1. The van der Waals surface area contributed by atoms with Gasteiger partial charge >= 0.3 is 0 Å². The molecule has 2 N–H and O–H groups in total. The molecular formula is C21H22ClFN4O3S. The summed E-state index contributed by atoms with van der Waals surface area (Å²) in [4.78, 5) is 10.9. The summed E-state index contributed by atoms with van der Waals surface area (Å²) in [5.41, 5.74) is 0.655. The first-order chi connectivity index (χ1) is 15.0. The maximum absolute atomic E-state index is 14.3. The van der Waals surface area contributed by atoms with Crippen LogP contribution in [0, 0.1) is 5.82 Å². The molecule has 7 nitrogen and oxygen atoms in total. The standard InChI is InChI=1S/C21H22ClFN4O3S/c1-29-19-8-13-16(11-20(19)30-5-2-27-3-6-31-7-4-27)24-12-25-21(13)26-17-10-18(28)14(22)9-15(17)23/h8-12,28H,2-7H2,1H3,(H,24,25,26). The predicted molar refractivity (Wildman–Crippen MR) is 122 cm³/mol. The fourth-order valence-corrected chi connectivity index (χ4v) is 4.44. The summed E-state index contributed by atoms with van der Waals surface area (Å²) in [7, 11) is 1.56. The number of hydrogen-bond donors (Lipinski definition) is 2. The van der Waals surface area contributed by atoms with Crippen LogP contribution >= 0.6 is 23.4 Å². The molecule has 1 saturated heterocycles. The first-order valence-electron chi connectivity index (χ1n) is 9.76. The molecule has 1 fully saturated rings. The van der Waals surface area contributed by atoms with Crippen molar-refractivity contribution in [1.29, 1.82) is 0 Å². The highest BCUT2D eigenvalue weighted by Gasteiger charge is 2.15. The molecule has 0 bridgehead atoms. The number of phenols is 1. The van der Waals surface area contributed by atoms with Crippen LogP contribution in [0.5, 0.6) is 17.2 Å². The quantitative estimate of drug-likeness (QED) is 0.535. The number of phenolic OH excluding ortho intramolecular Hbond substituents is 1. The molecule has 0 radical (unpaired) electrons. The molecule has 2 aromatic carbocycles. The third kappa shape index (κ3) is 5.06. The number of hydrogen-bond acceptors (Lipinski definition) is 8. The maximum Gasteiger partial charge on any atom is 0.163 e. The van der Waals surface area contributed by atoms with E-state index in [1.54, 1.807) is 19.2 Å². The van der Waals surface area contributed by atoms with Crippen molar-refractivity contribution in [2.24, 2.45) is 0 Å². The van der Waals surface area contributed by atoms with Gasteiger partial charge in [0.15, 0.2) is 11.5 Å². The van der Waals surface area contributed by atoms with E-state index in [-0.39, 0.29) is 16.5 Å². The zero-order valence-corrected chi connectivity index (χ0v) is 18.5. The van der Waals surface area contributed by atoms with Gasteiger partial charge in [0.2, 0.25) is 0 Å². The van der Waals surface area contributed by atoms with Crippen LogP contribution in [0.4, 0.5) is 15.9 Å². The summed E-state index contributed by atoms with van der Waals surface area (Å²) in [6, 6.07) is 5.77. The van der Waals surface area contributed by atoms with Gasteiger partial charge in [-0.2, -0.15) is 11.8 Å². The molecule has 1 aliphatic heterocycles. The fourth-order valence-electron chi connectivity index (χ4n) is 3.31. The van der Waals surface area contributed by atoms with Gasteiger partial charge in [0.1, 0.15) is 30.3 Å². The molecule has 2 heterocycles. The number of thioether (sulfide) groups is 1. The Balaban J connectivity index is 1.57. The number of rotatable bonds is 7. The second-order valence-electron chi connectivity index (χ2n) is 6.95. The Bertz CT molecular complexity index is 1080. The van der Waals surface area contributed by atoms with E-state index in [0.29, 0.717) is 34.8 Å². The molecule has 0 saturated carbocycles. The van der Waals surface area contributed by atoms with Crippen LogP contribution < -0.4 is 14.8 Å². The Morgan fingerprint density at radius 1 is 1.19 bits per heavy atom. The van der Waals surface area contributed by atoms with Crippen molar-refractivity contribution in [2.45, 2.75) is 0 Å².